The lowest BCUT2D eigenvalue weighted by Gasteiger charge is -2.09. The fraction of sp³-hybridized carbons (Fsp3) is 0.294. The summed E-state index contributed by atoms with van der Waals surface area (Å²) in [6.07, 6.45) is 2.53. The number of nitrogens with zero attached hydrogens (tertiary/aromatic N) is 2. The van der Waals surface area contributed by atoms with Crippen LogP contribution in [-0.4, -0.2) is 15.5 Å². The number of nitrogens with two attached hydrogens (primary N) is 1. The van der Waals surface area contributed by atoms with Crippen molar-refractivity contribution in [3.05, 3.63) is 39.5 Å². The molecule has 1 fully saturated rings. The Bertz CT molecular complexity index is 857. The van der Waals surface area contributed by atoms with Gasteiger partial charge in [0, 0.05) is 28.6 Å². The second kappa shape index (κ2) is 5.62. The van der Waals surface area contributed by atoms with E-state index >= 15 is 0 Å². The number of carbonyl (C=O) groups is 1. The number of thiophene rings is 1. The van der Waals surface area contributed by atoms with Gasteiger partial charge in [-0.3, -0.25) is 4.79 Å². The van der Waals surface area contributed by atoms with Crippen molar-refractivity contribution >= 4 is 28.6 Å². The molecule has 0 radical (unpaired) electrons. The Morgan fingerprint density at radius 3 is 2.91 bits per heavy atom. The molecule has 1 saturated carbocycles. The first-order valence-electron chi connectivity index (χ1n) is 7.62. The van der Waals surface area contributed by atoms with E-state index in [0.29, 0.717) is 5.56 Å². The predicted octanol–water partition coefficient (Wildman–Crippen LogP) is 4.16. The third-order valence-corrected chi connectivity index (χ3v) is 5.88. The van der Waals surface area contributed by atoms with Gasteiger partial charge in [-0.25, -0.2) is 4.98 Å². The van der Waals surface area contributed by atoms with Crippen LogP contribution in [0.4, 0.5) is 0 Å². The fourth-order valence-corrected chi connectivity index (χ4v) is 4.34. The van der Waals surface area contributed by atoms with Gasteiger partial charge >= 0.3 is 0 Å². The number of rotatable bonds is 5. The Morgan fingerprint density at radius 2 is 2.26 bits per heavy atom. The Kier molecular flexibility index (Phi) is 3.58. The smallest absolute Gasteiger partial charge is 0.250 e. The molecule has 0 atom stereocenters. The first-order chi connectivity index (χ1) is 11.1. The van der Waals surface area contributed by atoms with Crippen LogP contribution in [0.15, 0.2) is 28.3 Å². The Hall–Kier alpha value is -1.92. The van der Waals surface area contributed by atoms with Gasteiger partial charge in [0.05, 0.1) is 17.0 Å². The van der Waals surface area contributed by atoms with Gasteiger partial charge < -0.3 is 10.3 Å². The second-order valence-electron chi connectivity index (χ2n) is 6.00. The van der Waals surface area contributed by atoms with Crippen LogP contribution in [0.2, 0.25) is 0 Å². The van der Waals surface area contributed by atoms with Crippen LogP contribution in [0.1, 0.15) is 28.9 Å². The minimum Gasteiger partial charge on any atom is -0.366 e. The van der Waals surface area contributed by atoms with E-state index in [1.807, 2.05) is 13.0 Å². The van der Waals surface area contributed by atoms with Gasteiger partial charge in [0.15, 0.2) is 0 Å². The van der Waals surface area contributed by atoms with Crippen molar-refractivity contribution in [3.63, 3.8) is 0 Å². The Balaban J connectivity index is 1.78. The molecule has 0 aromatic carbocycles. The maximum absolute atomic E-state index is 11.7. The van der Waals surface area contributed by atoms with E-state index in [2.05, 4.69) is 26.8 Å². The summed E-state index contributed by atoms with van der Waals surface area (Å²) in [5, 5.41) is 7.24. The summed E-state index contributed by atoms with van der Waals surface area (Å²) < 4.78 is 2.21. The summed E-state index contributed by atoms with van der Waals surface area (Å²) >= 11 is 3.30. The number of thiazole rings is 1. The van der Waals surface area contributed by atoms with E-state index in [9.17, 15) is 4.79 Å². The molecule has 0 saturated heterocycles. The van der Waals surface area contributed by atoms with Crippen LogP contribution in [0.25, 0.3) is 22.0 Å². The van der Waals surface area contributed by atoms with Gasteiger partial charge in [0.25, 0.3) is 5.91 Å². The van der Waals surface area contributed by atoms with E-state index in [0.717, 1.165) is 40.1 Å². The number of aromatic nitrogens is 2. The average molecular weight is 343 g/mol. The molecule has 1 amide bonds. The van der Waals surface area contributed by atoms with Gasteiger partial charge in [-0.15, -0.1) is 11.3 Å². The van der Waals surface area contributed by atoms with Gasteiger partial charge in [0.2, 0.25) is 0 Å². The molecule has 2 N–H and O–H groups in total. The summed E-state index contributed by atoms with van der Waals surface area (Å²) in [6, 6.07) is 3.98. The van der Waals surface area contributed by atoms with E-state index in [1.165, 1.54) is 12.8 Å². The van der Waals surface area contributed by atoms with Gasteiger partial charge in [0.1, 0.15) is 5.01 Å². The molecule has 118 valence electrons. The number of carbonyl (C=O) groups excluding carboxylic acids is 1. The first kappa shape index (κ1) is 14.7. The zero-order valence-electron chi connectivity index (χ0n) is 12.8. The highest BCUT2D eigenvalue weighted by atomic mass is 32.1. The number of primary amides is 1. The molecule has 0 spiro atoms. The molecule has 3 aromatic rings. The number of amides is 1. The summed E-state index contributed by atoms with van der Waals surface area (Å²) in [6.45, 7) is 2.91. The van der Waals surface area contributed by atoms with Crippen molar-refractivity contribution in [1.29, 1.82) is 0 Å². The summed E-state index contributed by atoms with van der Waals surface area (Å²) in [5.41, 5.74) is 10.2. The maximum Gasteiger partial charge on any atom is 0.250 e. The van der Waals surface area contributed by atoms with E-state index in [-0.39, 0.29) is 5.91 Å². The average Bonchev–Trinajstić information content (AvgIpc) is 2.95. The lowest BCUT2D eigenvalue weighted by Crippen LogP contribution is -2.12. The first-order valence-corrected chi connectivity index (χ1v) is 9.44. The minimum absolute atomic E-state index is 0.369. The van der Waals surface area contributed by atoms with Gasteiger partial charge in [-0.1, -0.05) is 0 Å². The number of hydrogen-bond acceptors (Lipinski definition) is 4. The lowest BCUT2D eigenvalue weighted by molar-refractivity contribution is 0.0999. The summed E-state index contributed by atoms with van der Waals surface area (Å²) in [4.78, 5) is 16.5. The molecule has 0 bridgehead atoms. The van der Waals surface area contributed by atoms with Crippen LogP contribution in [0.5, 0.6) is 0 Å². The molecule has 0 unspecified atom stereocenters. The second-order valence-corrected chi connectivity index (χ2v) is 7.63. The highest BCUT2D eigenvalue weighted by Gasteiger charge is 2.26. The maximum atomic E-state index is 11.7. The van der Waals surface area contributed by atoms with Crippen molar-refractivity contribution in [2.24, 2.45) is 11.7 Å². The zero-order valence-corrected chi connectivity index (χ0v) is 14.4. The van der Waals surface area contributed by atoms with Crippen LogP contribution in [0, 0.1) is 12.8 Å². The van der Waals surface area contributed by atoms with Crippen LogP contribution >= 0.6 is 22.7 Å². The predicted molar refractivity (Wildman–Crippen MR) is 94.8 cm³/mol. The molecular formula is C17H17N3OS2. The highest BCUT2D eigenvalue weighted by molar-refractivity contribution is 7.14. The van der Waals surface area contributed by atoms with E-state index in [1.54, 1.807) is 22.7 Å². The minimum atomic E-state index is -0.369. The van der Waals surface area contributed by atoms with E-state index in [4.69, 9.17) is 10.7 Å². The summed E-state index contributed by atoms with van der Waals surface area (Å²) in [7, 11) is 0. The molecule has 23 heavy (non-hydrogen) atoms. The zero-order chi connectivity index (χ0) is 16.0. The molecule has 4 nitrogen and oxygen atoms in total. The largest absolute Gasteiger partial charge is 0.366 e. The third kappa shape index (κ3) is 2.72. The topological polar surface area (TPSA) is 60.9 Å². The number of hydrogen-bond donors (Lipinski definition) is 1. The normalized spacial score (nSPS) is 14.3. The molecule has 3 aromatic heterocycles. The van der Waals surface area contributed by atoms with E-state index < -0.39 is 0 Å². The third-order valence-electron chi connectivity index (χ3n) is 4.30. The molecule has 3 heterocycles. The molecular weight excluding hydrogens is 326 g/mol. The van der Waals surface area contributed by atoms with Crippen LogP contribution in [0.3, 0.4) is 0 Å². The Labute approximate surface area is 142 Å². The van der Waals surface area contributed by atoms with Crippen LogP contribution in [-0.2, 0) is 6.54 Å². The monoisotopic (exact) mass is 343 g/mol. The van der Waals surface area contributed by atoms with Crippen molar-refractivity contribution in [2.75, 3.05) is 0 Å². The van der Waals surface area contributed by atoms with Crippen LogP contribution < -0.4 is 5.73 Å². The Morgan fingerprint density at radius 1 is 1.43 bits per heavy atom. The van der Waals surface area contributed by atoms with Crippen molar-refractivity contribution in [1.82, 2.24) is 9.55 Å². The summed E-state index contributed by atoms with van der Waals surface area (Å²) in [5.74, 6) is 0.349. The van der Waals surface area contributed by atoms with Crippen molar-refractivity contribution in [3.8, 4) is 22.0 Å². The van der Waals surface area contributed by atoms with Gasteiger partial charge in [-0.05, 0) is 43.2 Å². The van der Waals surface area contributed by atoms with Crippen molar-refractivity contribution < 1.29 is 4.79 Å². The quantitative estimate of drug-likeness (QED) is 0.756. The lowest BCUT2D eigenvalue weighted by atomic mass is 10.2. The standard InChI is InChI=1S/C17H17N3OS2/c1-10-13(16(18)21)6-15(20(10)7-11-2-3-11)14-9-23-17(19-14)12-4-5-22-8-12/h4-6,8-9,11H,2-3,7H2,1H3,(H2,18,21). The fourth-order valence-electron chi connectivity index (χ4n) is 2.81. The highest BCUT2D eigenvalue weighted by Crippen LogP contribution is 2.36. The molecule has 4 rings (SSSR count). The molecule has 1 aliphatic rings. The van der Waals surface area contributed by atoms with Crippen molar-refractivity contribution in [2.45, 2.75) is 26.3 Å². The molecule has 6 heteroatoms. The van der Waals surface area contributed by atoms with Gasteiger partial charge in [-0.2, -0.15) is 11.3 Å². The molecule has 1 aliphatic carbocycles. The SMILES string of the molecule is Cc1c(C(N)=O)cc(-c2csc(-c3ccsc3)n2)n1CC1CC1. The molecule has 0 aliphatic heterocycles.